The minimum absolute atomic E-state index is 0.338. The molecule has 1 aromatic rings. The SMILES string of the molecule is CNC(/C=C\CC(C)C)c1ccccc1. The van der Waals surface area contributed by atoms with E-state index >= 15 is 0 Å². The predicted octanol–water partition coefficient (Wildman–Crippen LogP) is 3.55. The fraction of sp³-hybridized carbons (Fsp3) is 0.429. The van der Waals surface area contributed by atoms with Gasteiger partial charge in [-0.3, -0.25) is 0 Å². The molecule has 1 rings (SSSR count). The molecule has 1 unspecified atom stereocenters. The number of hydrogen-bond acceptors (Lipinski definition) is 1. The Morgan fingerprint density at radius 2 is 1.87 bits per heavy atom. The van der Waals surface area contributed by atoms with E-state index in [1.807, 2.05) is 13.1 Å². The van der Waals surface area contributed by atoms with Gasteiger partial charge >= 0.3 is 0 Å². The third-order valence-electron chi connectivity index (χ3n) is 2.41. The maximum Gasteiger partial charge on any atom is 0.0503 e. The lowest BCUT2D eigenvalue weighted by molar-refractivity contribution is 0.653. The first kappa shape index (κ1) is 12.0. The molecule has 1 N–H and O–H groups in total. The van der Waals surface area contributed by atoms with E-state index in [9.17, 15) is 0 Å². The molecule has 0 aliphatic heterocycles. The van der Waals surface area contributed by atoms with Gasteiger partial charge in [-0.1, -0.05) is 56.3 Å². The van der Waals surface area contributed by atoms with Crippen molar-refractivity contribution in [2.24, 2.45) is 5.92 Å². The Balaban J connectivity index is 2.61. The van der Waals surface area contributed by atoms with Crippen molar-refractivity contribution in [2.75, 3.05) is 7.05 Å². The quantitative estimate of drug-likeness (QED) is 0.722. The van der Waals surface area contributed by atoms with Gasteiger partial charge in [-0.05, 0) is 24.9 Å². The van der Waals surface area contributed by atoms with E-state index in [4.69, 9.17) is 0 Å². The molecule has 1 nitrogen and oxygen atoms in total. The van der Waals surface area contributed by atoms with Gasteiger partial charge in [-0.15, -0.1) is 0 Å². The molecule has 0 aliphatic rings. The monoisotopic (exact) mass is 203 g/mol. The number of allylic oxidation sites excluding steroid dienone is 1. The van der Waals surface area contributed by atoms with E-state index < -0.39 is 0 Å². The number of rotatable bonds is 5. The maximum absolute atomic E-state index is 3.31. The second-order valence-electron chi connectivity index (χ2n) is 4.23. The highest BCUT2D eigenvalue weighted by Gasteiger charge is 2.02. The highest BCUT2D eigenvalue weighted by Crippen LogP contribution is 2.14. The molecule has 0 aliphatic carbocycles. The van der Waals surface area contributed by atoms with Crippen LogP contribution in [0.2, 0.25) is 0 Å². The molecule has 82 valence electrons. The summed E-state index contributed by atoms with van der Waals surface area (Å²) in [5.41, 5.74) is 1.32. The van der Waals surface area contributed by atoms with Gasteiger partial charge in [-0.2, -0.15) is 0 Å². The van der Waals surface area contributed by atoms with Crippen molar-refractivity contribution in [1.82, 2.24) is 5.32 Å². The highest BCUT2D eigenvalue weighted by molar-refractivity contribution is 5.22. The van der Waals surface area contributed by atoms with Crippen molar-refractivity contribution in [1.29, 1.82) is 0 Å². The summed E-state index contributed by atoms with van der Waals surface area (Å²) in [5, 5.41) is 3.31. The molecule has 0 radical (unpaired) electrons. The first-order chi connectivity index (χ1) is 7.24. The molecule has 0 fully saturated rings. The molecule has 0 bridgehead atoms. The zero-order valence-corrected chi connectivity index (χ0v) is 9.90. The van der Waals surface area contributed by atoms with Crippen LogP contribution in [0.5, 0.6) is 0 Å². The van der Waals surface area contributed by atoms with Gasteiger partial charge in [0, 0.05) is 0 Å². The number of nitrogens with one attached hydrogen (secondary N) is 1. The molecule has 0 saturated heterocycles. The van der Waals surface area contributed by atoms with Crippen LogP contribution in [0.15, 0.2) is 42.5 Å². The lowest BCUT2D eigenvalue weighted by Gasteiger charge is -2.12. The molecule has 0 aromatic heterocycles. The van der Waals surface area contributed by atoms with Crippen LogP contribution in [0.25, 0.3) is 0 Å². The van der Waals surface area contributed by atoms with Crippen molar-refractivity contribution in [2.45, 2.75) is 26.3 Å². The smallest absolute Gasteiger partial charge is 0.0503 e. The van der Waals surface area contributed by atoms with Gasteiger partial charge in [0.25, 0.3) is 0 Å². The van der Waals surface area contributed by atoms with E-state index in [1.54, 1.807) is 0 Å². The molecule has 1 heteroatoms. The normalized spacial score (nSPS) is 13.6. The fourth-order valence-corrected chi connectivity index (χ4v) is 1.52. The Kier molecular flexibility index (Phi) is 5.13. The zero-order chi connectivity index (χ0) is 11.1. The molecular formula is C14H21N. The second kappa shape index (κ2) is 6.41. The van der Waals surface area contributed by atoms with E-state index in [-0.39, 0.29) is 0 Å². The van der Waals surface area contributed by atoms with Gasteiger partial charge in [0.15, 0.2) is 0 Å². The Morgan fingerprint density at radius 1 is 1.20 bits per heavy atom. The van der Waals surface area contributed by atoms with Crippen LogP contribution in [0.3, 0.4) is 0 Å². The van der Waals surface area contributed by atoms with Crippen LogP contribution in [-0.4, -0.2) is 7.05 Å². The molecule has 1 aromatic carbocycles. The number of benzene rings is 1. The third kappa shape index (κ3) is 4.30. The Hall–Kier alpha value is -1.08. The second-order valence-corrected chi connectivity index (χ2v) is 4.23. The molecular weight excluding hydrogens is 182 g/mol. The zero-order valence-electron chi connectivity index (χ0n) is 9.90. The van der Waals surface area contributed by atoms with Gasteiger partial charge in [-0.25, -0.2) is 0 Å². The summed E-state index contributed by atoms with van der Waals surface area (Å²) in [7, 11) is 2.00. The van der Waals surface area contributed by atoms with E-state index in [1.165, 1.54) is 5.56 Å². The van der Waals surface area contributed by atoms with Gasteiger partial charge < -0.3 is 5.32 Å². The first-order valence-electron chi connectivity index (χ1n) is 5.63. The van der Waals surface area contributed by atoms with Crippen LogP contribution >= 0.6 is 0 Å². The van der Waals surface area contributed by atoms with Crippen LogP contribution in [-0.2, 0) is 0 Å². The van der Waals surface area contributed by atoms with Crippen LogP contribution < -0.4 is 5.32 Å². The standard InChI is InChI=1S/C14H21N/c1-12(2)8-7-11-14(15-3)13-9-5-4-6-10-13/h4-7,9-12,14-15H,8H2,1-3H3/b11-7-. The van der Waals surface area contributed by atoms with Crippen molar-refractivity contribution in [3.05, 3.63) is 48.0 Å². The van der Waals surface area contributed by atoms with Crippen LogP contribution in [0, 0.1) is 5.92 Å². The molecule has 0 heterocycles. The van der Waals surface area contributed by atoms with Gasteiger partial charge in [0.2, 0.25) is 0 Å². The lowest BCUT2D eigenvalue weighted by atomic mass is 10.0. The average molecular weight is 203 g/mol. The molecule has 0 amide bonds. The number of hydrogen-bond donors (Lipinski definition) is 1. The minimum atomic E-state index is 0.338. The fourth-order valence-electron chi connectivity index (χ4n) is 1.52. The largest absolute Gasteiger partial charge is 0.310 e. The molecule has 15 heavy (non-hydrogen) atoms. The van der Waals surface area contributed by atoms with E-state index in [2.05, 4.69) is 55.6 Å². The van der Waals surface area contributed by atoms with Gasteiger partial charge in [0.05, 0.1) is 6.04 Å². The summed E-state index contributed by atoms with van der Waals surface area (Å²) in [4.78, 5) is 0. The van der Waals surface area contributed by atoms with Crippen molar-refractivity contribution < 1.29 is 0 Å². The van der Waals surface area contributed by atoms with Gasteiger partial charge in [0.1, 0.15) is 0 Å². The summed E-state index contributed by atoms with van der Waals surface area (Å²) >= 11 is 0. The minimum Gasteiger partial charge on any atom is -0.310 e. The highest BCUT2D eigenvalue weighted by atomic mass is 14.9. The summed E-state index contributed by atoms with van der Waals surface area (Å²) < 4.78 is 0. The molecule has 1 atom stereocenters. The van der Waals surface area contributed by atoms with Crippen molar-refractivity contribution in [3.63, 3.8) is 0 Å². The van der Waals surface area contributed by atoms with E-state index in [0.29, 0.717) is 6.04 Å². The molecule has 0 saturated carbocycles. The van der Waals surface area contributed by atoms with E-state index in [0.717, 1.165) is 12.3 Å². The topological polar surface area (TPSA) is 12.0 Å². The Morgan fingerprint density at radius 3 is 2.40 bits per heavy atom. The Bertz CT molecular complexity index is 287. The lowest BCUT2D eigenvalue weighted by Crippen LogP contribution is -2.13. The summed E-state index contributed by atoms with van der Waals surface area (Å²) in [6, 6.07) is 10.9. The summed E-state index contributed by atoms with van der Waals surface area (Å²) in [5.74, 6) is 0.731. The summed E-state index contributed by atoms with van der Waals surface area (Å²) in [6.45, 7) is 4.47. The predicted molar refractivity (Wildman–Crippen MR) is 66.8 cm³/mol. The summed E-state index contributed by atoms with van der Waals surface area (Å²) in [6.07, 6.45) is 5.65. The molecule has 0 spiro atoms. The first-order valence-corrected chi connectivity index (χ1v) is 5.63. The number of likely N-dealkylation sites (N-methyl/N-ethyl adjacent to an activating group) is 1. The van der Waals surface area contributed by atoms with Crippen molar-refractivity contribution in [3.8, 4) is 0 Å². The van der Waals surface area contributed by atoms with Crippen LogP contribution in [0.4, 0.5) is 0 Å². The maximum atomic E-state index is 3.31. The van der Waals surface area contributed by atoms with Crippen molar-refractivity contribution >= 4 is 0 Å². The third-order valence-corrected chi connectivity index (χ3v) is 2.41. The average Bonchev–Trinajstić information content (AvgIpc) is 2.25. The van der Waals surface area contributed by atoms with Crippen LogP contribution in [0.1, 0.15) is 31.9 Å². The Labute approximate surface area is 93.2 Å².